The van der Waals surface area contributed by atoms with Gasteiger partial charge in [-0.15, -0.1) is 0 Å². The third-order valence-corrected chi connectivity index (χ3v) is 5.44. The Morgan fingerprint density at radius 3 is 2.55 bits per heavy atom. The summed E-state index contributed by atoms with van der Waals surface area (Å²) in [5.74, 6) is -0.425. The average molecular weight is 420 g/mol. The number of thioether (sulfide) groups is 1. The first kappa shape index (κ1) is 19.3. The van der Waals surface area contributed by atoms with Crippen molar-refractivity contribution in [3.05, 3.63) is 54.4 Å². The maximum Gasteiger partial charge on any atom is 0.446 e. The third-order valence-electron chi connectivity index (χ3n) is 4.70. The highest BCUT2D eigenvalue weighted by atomic mass is 32.2. The first-order valence-electron chi connectivity index (χ1n) is 8.66. The largest absolute Gasteiger partial charge is 0.446 e. The normalized spacial score (nSPS) is 17.6. The van der Waals surface area contributed by atoms with E-state index in [2.05, 4.69) is 9.97 Å². The van der Waals surface area contributed by atoms with Crippen LogP contribution in [0.4, 0.5) is 23.7 Å². The molecule has 0 radical (unpaired) electrons. The van der Waals surface area contributed by atoms with Gasteiger partial charge in [-0.2, -0.15) is 13.2 Å². The van der Waals surface area contributed by atoms with E-state index in [0.717, 1.165) is 15.8 Å². The quantitative estimate of drug-likeness (QED) is 0.497. The highest BCUT2D eigenvalue weighted by Crippen LogP contribution is 2.38. The van der Waals surface area contributed by atoms with Crippen LogP contribution < -0.4 is 4.90 Å². The second-order valence-corrected chi connectivity index (χ2v) is 7.65. The Labute approximate surface area is 167 Å². The Morgan fingerprint density at radius 2 is 1.86 bits per heavy atom. The zero-order chi connectivity index (χ0) is 20.8. The summed E-state index contributed by atoms with van der Waals surface area (Å²) in [4.78, 5) is 35.3. The number of imide groups is 1. The number of nitrogens with one attached hydrogen (secondary N) is 1. The molecule has 1 saturated heterocycles. The summed E-state index contributed by atoms with van der Waals surface area (Å²) in [6.45, 7) is 1.84. The lowest BCUT2D eigenvalue weighted by Crippen LogP contribution is -2.33. The van der Waals surface area contributed by atoms with Crippen LogP contribution in [-0.4, -0.2) is 38.4 Å². The molecule has 1 N–H and O–H groups in total. The fourth-order valence-corrected chi connectivity index (χ4v) is 3.83. The summed E-state index contributed by atoms with van der Waals surface area (Å²) in [5.41, 5.74) is -2.65. The van der Waals surface area contributed by atoms with Crippen LogP contribution in [0.5, 0.6) is 0 Å². The maximum absolute atomic E-state index is 12.9. The summed E-state index contributed by atoms with van der Waals surface area (Å²) >= 11 is -0.249. The molecule has 1 fully saturated rings. The van der Waals surface area contributed by atoms with Crippen LogP contribution in [0.15, 0.2) is 53.7 Å². The van der Waals surface area contributed by atoms with Gasteiger partial charge in [-0.1, -0.05) is 0 Å². The van der Waals surface area contributed by atoms with Gasteiger partial charge in [0.15, 0.2) is 0 Å². The zero-order valence-corrected chi connectivity index (χ0v) is 15.9. The van der Waals surface area contributed by atoms with Crippen LogP contribution >= 0.6 is 11.8 Å². The molecule has 150 valence electrons. The molecule has 0 bridgehead atoms. The van der Waals surface area contributed by atoms with E-state index in [0.29, 0.717) is 5.65 Å². The number of amides is 3. The summed E-state index contributed by atoms with van der Waals surface area (Å²) in [6, 6.07) is 7.59. The molecule has 3 aromatic rings. The standard InChI is InChI=1S/C19H15F3N4O2S/c1-11-17(27)26(13-2-4-14(5-3-13)29-19(20,21)22)18(28)25(11)10-12-6-8-23-16-15(12)7-9-24-16/h2-9,11H,10H2,1H3,(H,23,24)/t11-/m0/s1. The maximum atomic E-state index is 12.9. The van der Waals surface area contributed by atoms with Crippen LogP contribution in [0.2, 0.25) is 0 Å². The molecule has 1 aliphatic heterocycles. The molecular weight excluding hydrogens is 405 g/mol. The lowest BCUT2D eigenvalue weighted by Gasteiger charge is -2.20. The van der Waals surface area contributed by atoms with Gasteiger partial charge in [0, 0.05) is 29.2 Å². The molecule has 4 rings (SSSR count). The predicted molar refractivity (Wildman–Crippen MR) is 102 cm³/mol. The monoisotopic (exact) mass is 420 g/mol. The van der Waals surface area contributed by atoms with Crippen molar-refractivity contribution in [2.45, 2.75) is 29.9 Å². The third kappa shape index (κ3) is 3.67. The minimum atomic E-state index is -4.40. The molecule has 0 aliphatic carbocycles. The number of alkyl halides is 3. The van der Waals surface area contributed by atoms with Gasteiger partial charge in [-0.3, -0.25) is 4.79 Å². The number of urea groups is 1. The zero-order valence-electron chi connectivity index (χ0n) is 15.1. The second kappa shape index (κ2) is 7.11. The second-order valence-electron chi connectivity index (χ2n) is 6.51. The van der Waals surface area contributed by atoms with Crippen LogP contribution in [0.1, 0.15) is 12.5 Å². The molecule has 3 heterocycles. The number of aromatic nitrogens is 2. The SMILES string of the molecule is C[C@H]1C(=O)N(c2ccc(SC(F)(F)F)cc2)C(=O)N1Cc1ccnc2[nH]ccc12. The van der Waals surface area contributed by atoms with E-state index in [9.17, 15) is 22.8 Å². The molecule has 0 unspecified atom stereocenters. The van der Waals surface area contributed by atoms with Crippen molar-refractivity contribution in [2.24, 2.45) is 0 Å². The lowest BCUT2D eigenvalue weighted by molar-refractivity contribution is -0.119. The fourth-order valence-electron chi connectivity index (χ4n) is 3.29. The van der Waals surface area contributed by atoms with Crippen molar-refractivity contribution < 1.29 is 22.8 Å². The number of H-pyrrole nitrogens is 1. The van der Waals surface area contributed by atoms with E-state index in [1.54, 1.807) is 25.4 Å². The van der Waals surface area contributed by atoms with Crippen LogP contribution in [0.3, 0.4) is 0 Å². The first-order chi connectivity index (χ1) is 13.7. The highest BCUT2D eigenvalue weighted by molar-refractivity contribution is 8.00. The Hall–Kier alpha value is -3.01. The molecule has 29 heavy (non-hydrogen) atoms. The summed E-state index contributed by atoms with van der Waals surface area (Å²) in [5, 5.41) is 0.854. The van der Waals surface area contributed by atoms with E-state index in [1.165, 1.54) is 29.2 Å². The molecular formula is C19H15F3N4O2S. The van der Waals surface area contributed by atoms with Gasteiger partial charge in [0.2, 0.25) is 0 Å². The smallest absolute Gasteiger partial charge is 0.346 e. The van der Waals surface area contributed by atoms with E-state index in [1.807, 2.05) is 6.07 Å². The number of nitrogens with zero attached hydrogens (tertiary/aromatic N) is 3. The molecule has 1 aromatic carbocycles. The Kier molecular flexibility index (Phi) is 4.73. The minimum Gasteiger partial charge on any atom is -0.346 e. The summed E-state index contributed by atoms with van der Waals surface area (Å²) in [7, 11) is 0. The number of aromatic amines is 1. The molecule has 1 atom stereocenters. The summed E-state index contributed by atoms with van der Waals surface area (Å²) in [6.07, 6.45) is 3.37. The number of carbonyl (C=O) groups excluding carboxylic acids is 2. The number of rotatable bonds is 4. The Bertz CT molecular complexity index is 1080. The van der Waals surface area contributed by atoms with Crippen molar-refractivity contribution in [1.82, 2.24) is 14.9 Å². The van der Waals surface area contributed by atoms with Crippen molar-refractivity contribution >= 4 is 40.4 Å². The van der Waals surface area contributed by atoms with E-state index in [4.69, 9.17) is 0 Å². The summed E-state index contributed by atoms with van der Waals surface area (Å²) < 4.78 is 37.5. The van der Waals surface area contributed by atoms with Gasteiger partial charge >= 0.3 is 11.5 Å². The topological polar surface area (TPSA) is 69.3 Å². The van der Waals surface area contributed by atoms with Gasteiger partial charge in [0.25, 0.3) is 5.91 Å². The number of anilines is 1. The van der Waals surface area contributed by atoms with Gasteiger partial charge in [-0.25, -0.2) is 14.7 Å². The fraction of sp³-hybridized carbons (Fsp3) is 0.211. The minimum absolute atomic E-state index is 0.0168. The molecule has 6 nitrogen and oxygen atoms in total. The number of fused-ring (bicyclic) bond motifs is 1. The van der Waals surface area contributed by atoms with Crippen molar-refractivity contribution in [2.75, 3.05) is 4.90 Å². The molecule has 3 amide bonds. The number of hydrogen-bond acceptors (Lipinski definition) is 4. The van der Waals surface area contributed by atoms with Crippen molar-refractivity contribution in [3.8, 4) is 0 Å². The predicted octanol–water partition coefficient (Wildman–Crippen LogP) is 4.53. The van der Waals surface area contributed by atoms with E-state index in [-0.39, 0.29) is 28.9 Å². The first-order valence-corrected chi connectivity index (χ1v) is 9.47. The van der Waals surface area contributed by atoms with Gasteiger partial charge in [0.05, 0.1) is 5.69 Å². The van der Waals surface area contributed by atoms with Crippen LogP contribution in [0.25, 0.3) is 11.0 Å². The van der Waals surface area contributed by atoms with E-state index >= 15 is 0 Å². The van der Waals surface area contributed by atoms with Gasteiger partial charge in [-0.05, 0) is 60.6 Å². The molecule has 2 aromatic heterocycles. The Morgan fingerprint density at radius 1 is 1.14 bits per heavy atom. The molecule has 0 saturated carbocycles. The number of hydrogen-bond donors (Lipinski definition) is 1. The van der Waals surface area contributed by atoms with Crippen molar-refractivity contribution in [1.29, 1.82) is 0 Å². The number of pyridine rings is 1. The molecule has 10 heteroatoms. The Balaban J connectivity index is 1.58. The molecule has 0 spiro atoms. The number of halogens is 3. The van der Waals surface area contributed by atoms with Crippen LogP contribution in [0, 0.1) is 0 Å². The average Bonchev–Trinajstić information content (AvgIpc) is 3.22. The van der Waals surface area contributed by atoms with Crippen molar-refractivity contribution in [3.63, 3.8) is 0 Å². The number of benzene rings is 1. The van der Waals surface area contributed by atoms with Gasteiger partial charge in [0.1, 0.15) is 11.7 Å². The van der Waals surface area contributed by atoms with Gasteiger partial charge < -0.3 is 9.88 Å². The lowest BCUT2D eigenvalue weighted by atomic mass is 10.1. The molecule has 1 aliphatic rings. The number of carbonyl (C=O) groups is 2. The van der Waals surface area contributed by atoms with Crippen LogP contribution in [-0.2, 0) is 11.3 Å². The highest BCUT2D eigenvalue weighted by Gasteiger charge is 2.43. The van der Waals surface area contributed by atoms with E-state index < -0.39 is 23.5 Å².